The van der Waals surface area contributed by atoms with Gasteiger partial charge in [-0.25, -0.2) is 9.67 Å². The van der Waals surface area contributed by atoms with Crippen LogP contribution in [-0.4, -0.2) is 26.5 Å². The third-order valence-corrected chi connectivity index (χ3v) is 4.19. The lowest BCUT2D eigenvalue weighted by molar-refractivity contribution is -0.184. The number of rotatable bonds is 4. The molecule has 7 heteroatoms. The number of halogens is 3. The molecule has 0 atom stereocenters. The van der Waals surface area contributed by atoms with Gasteiger partial charge in [-0.1, -0.05) is 13.8 Å². The average molecular weight is 304 g/mol. The van der Waals surface area contributed by atoms with Crippen molar-refractivity contribution in [1.29, 1.82) is 0 Å². The minimum atomic E-state index is -4.10. The van der Waals surface area contributed by atoms with Crippen LogP contribution in [0.5, 0.6) is 0 Å². The zero-order valence-corrected chi connectivity index (χ0v) is 12.5. The smallest absolute Gasteiger partial charge is 0.325 e. The second-order valence-corrected chi connectivity index (χ2v) is 6.61. The number of aromatic nitrogens is 3. The predicted molar refractivity (Wildman–Crippen MR) is 73.5 cm³/mol. The van der Waals surface area contributed by atoms with E-state index in [1.165, 1.54) is 6.33 Å². The Kier molecular flexibility index (Phi) is 4.60. The van der Waals surface area contributed by atoms with Crippen molar-refractivity contribution < 1.29 is 13.2 Å². The Morgan fingerprint density at radius 1 is 1.38 bits per heavy atom. The molecule has 4 nitrogen and oxygen atoms in total. The molecule has 120 valence electrons. The van der Waals surface area contributed by atoms with E-state index >= 15 is 0 Å². The van der Waals surface area contributed by atoms with Crippen LogP contribution < -0.4 is 5.73 Å². The summed E-state index contributed by atoms with van der Waals surface area (Å²) in [5, 5.41) is 4.18. The Bertz CT molecular complexity index is 459. The van der Waals surface area contributed by atoms with E-state index in [0.29, 0.717) is 25.2 Å². The molecule has 1 aromatic rings. The highest BCUT2D eigenvalue weighted by atomic mass is 19.4. The third-order valence-electron chi connectivity index (χ3n) is 4.19. The van der Waals surface area contributed by atoms with Crippen molar-refractivity contribution in [2.24, 2.45) is 17.6 Å². The zero-order chi connectivity index (χ0) is 15.7. The van der Waals surface area contributed by atoms with E-state index in [9.17, 15) is 13.2 Å². The molecule has 0 saturated heterocycles. The molecule has 0 bridgehead atoms. The number of hydrogen-bond acceptors (Lipinski definition) is 3. The standard InChI is InChI=1S/C14H23F3N4/c1-10(2)8-21-12(19-9-20-21)7-13(18)5-3-11(4-6-13)14(15,16)17/h9-11H,3-8,18H2,1-2H3. The normalized spacial score (nSPS) is 27.3. The first-order chi connectivity index (χ1) is 9.70. The summed E-state index contributed by atoms with van der Waals surface area (Å²) >= 11 is 0. The van der Waals surface area contributed by atoms with E-state index in [2.05, 4.69) is 23.9 Å². The monoisotopic (exact) mass is 304 g/mol. The largest absolute Gasteiger partial charge is 0.391 e. The van der Waals surface area contributed by atoms with Gasteiger partial charge in [-0.05, 0) is 31.6 Å². The fraction of sp³-hybridized carbons (Fsp3) is 0.857. The summed E-state index contributed by atoms with van der Waals surface area (Å²) in [6.07, 6.45) is -1.14. The number of nitrogens with zero attached hydrogens (tertiary/aromatic N) is 3. The summed E-state index contributed by atoms with van der Waals surface area (Å²) in [5.74, 6) is -0.000456. The Labute approximate surface area is 122 Å². The van der Waals surface area contributed by atoms with Gasteiger partial charge in [-0.2, -0.15) is 18.3 Å². The van der Waals surface area contributed by atoms with Gasteiger partial charge < -0.3 is 5.73 Å². The Morgan fingerprint density at radius 3 is 2.52 bits per heavy atom. The van der Waals surface area contributed by atoms with Crippen LogP contribution in [0.25, 0.3) is 0 Å². The van der Waals surface area contributed by atoms with Gasteiger partial charge in [0.05, 0.1) is 5.92 Å². The zero-order valence-electron chi connectivity index (χ0n) is 12.5. The van der Waals surface area contributed by atoms with E-state index in [-0.39, 0.29) is 12.8 Å². The minimum Gasteiger partial charge on any atom is -0.325 e. The van der Waals surface area contributed by atoms with Gasteiger partial charge in [0.15, 0.2) is 0 Å². The van der Waals surface area contributed by atoms with E-state index < -0.39 is 17.6 Å². The quantitative estimate of drug-likeness (QED) is 0.930. The number of alkyl halides is 3. The maximum Gasteiger partial charge on any atom is 0.391 e. The molecule has 1 heterocycles. The number of nitrogens with two attached hydrogens (primary N) is 1. The molecule has 0 spiro atoms. The average Bonchev–Trinajstić information content (AvgIpc) is 2.74. The summed E-state index contributed by atoms with van der Waals surface area (Å²) < 4.78 is 39.9. The van der Waals surface area contributed by atoms with Gasteiger partial charge in [-0.3, -0.25) is 0 Å². The number of hydrogen-bond donors (Lipinski definition) is 1. The molecule has 0 aromatic carbocycles. The Morgan fingerprint density at radius 2 is 2.00 bits per heavy atom. The van der Waals surface area contributed by atoms with Crippen LogP contribution in [0.15, 0.2) is 6.33 Å². The molecule has 1 saturated carbocycles. The van der Waals surface area contributed by atoms with Crippen molar-refractivity contribution in [3.8, 4) is 0 Å². The maximum absolute atomic E-state index is 12.7. The molecule has 0 radical (unpaired) electrons. The van der Waals surface area contributed by atoms with Crippen LogP contribution in [0.1, 0.15) is 45.4 Å². The highest BCUT2D eigenvalue weighted by Gasteiger charge is 2.44. The van der Waals surface area contributed by atoms with Gasteiger partial charge >= 0.3 is 6.18 Å². The second-order valence-electron chi connectivity index (χ2n) is 6.61. The molecular weight excluding hydrogens is 281 g/mol. The molecule has 0 unspecified atom stereocenters. The first-order valence-electron chi connectivity index (χ1n) is 7.42. The van der Waals surface area contributed by atoms with Gasteiger partial charge in [0.2, 0.25) is 0 Å². The van der Waals surface area contributed by atoms with Crippen LogP contribution in [-0.2, 0) is 13.0 Å². The summed E-state index contributed by atoms with van der Waals surface area (Å²) in [5.41, 5.74) is 5.71. The fourth-order valence-corrected chi connectivity index (χ4v) is 2.94. The highest BCUT2D eigenvalue weighted by Crippen LogP contribution is 2.41. The molecule has 1 aliphatic carbocycles. The molecule has 1 aliphatic rings. The molecule has 1 aromatic heterocycles. The van der Waals surface area contributed by atoms with Crippen LogP contribution >= 0.6 is 0 Å². The van der Waals surface area contributed by atoms with Crippen molar-refractivity contribution in [3.05, 3.63) is 12.2 Å². The first-order valence-corrected chi connectivity index (χ1v) is 7.42. The molecule has 2 N–H and O–H groups in total. The molecule has 0 aliphatic heterocycles. The molecule has 2 rings (SSSR count). The molecule has 1 fully saturated rings. The van der Waals surface area contributed by atoms with Crippen molar-refractivity contribution in [2.45, 2.75) is 64.2 Å². The van der Waals surface area contributed by atoms with Gasteiger partial charge in [-0.15, -0.1) is 0 Å². The first kappa shape index (κ1) is 16.3. The van der Waals surface area contributed by atoms with Gasteiger partial charge in [0, 0.05) is 18.5 Å². The van der Waals surface area contributed by atoms with Crippen LogP contribution in [0, 0.1) is 11.8 Å². The summed E-state index contributed by atoms with van der Waals surface area (Å²) in [6.45, 7) is 4.91. The Balaban J connectivity index is 1.99. The predicted octanol–water partition coefficient (Wildman–Crippen LogP) is 2.93. The van der Waals surface area contributed by atoms with E-state index in [4.69, 9.17) is 5.73 Å². The lowest BCUT2D eigenvalue weighted by Gasteiger charge is -2.37. The van der Waals surface area contributed by atoms with Crippen LogP contribution in [0.4, 0.5) is 13.2 Å². The minimum absolute atomic E-state index is 0.109. The van der Waals surface area contributed by atoms with E-state index in [1.807, 2.05) is 4.68 Å². The van der Waals surface area contributed by atoms with Crippen molar-refractivity contribution in [3.63, 3.8) is 0 Å². The van der Waals surface area contributed by atoms with Crippen molar-refractivity contribution in [1.82, 2.24) is 14.8 Å². The second kappa shape index (κ2) is 5.94. The molecular formula is C14H23F3N4. The van der Waals surface area contributed by atoms with Crippen molar-refractivity contribution in [2.75, 3.05) is 0 Å². The fourth-order valence-electron chi connectivity index (χ4n) is 2.94. The Hall–Kier alpha value is -1.11. The van der Waals surface area contributed by atoms with Crippen LogP contribution in [0.3, 0.4) is 0 Å². The third kappa shape index (κ3) is 4.18. The summed E-state index contributed by atoms with van der Waals surface area (Å²) in [4.78, 5) is 4.23. The molecule has 21 heavy (non-hydrogen) atoms. The van der Waals surface area contributed by atoms with E-state index in [0.717, 1.165) is 12.4 Å². The van der Waals surface area contributed by atoms with Gasteiger partial charge in [0.1, 0.15) is 12.2 Å². The lowest BCUT2D eigenvalue weighted by Crippen LogP contribution is -2.47. The van der Waals surface area contributed by atoms with Crippen molar-refractivity contribution >= 4 is 0 Å². The van der Waals surface area contributed by atoms with Crippen LogP contribution in [0.2, 0.25) is 0 Å². The SMILES string of the molecule is CC(C)Cn1ncnc1CC1(N)CCC(C(F)(F)F)CC1. The topological polar surface area (TPSA) is 56.7 Å². The molecule has 0 amide bonds. The summed E-state index contributed by atoms with van der Waals surface area (Å²) in [7, 11) is 0. The maximum atomic E-state index is 12.7. The van der Waals surface area contributed by atoms with Gasteiger partial charge in [0.25, 0.3) is 0 Å². The highest BCUT2D eigenvalue weighted by molar-refractivity contribution is 5.00. The lowest BCUT2D eigenvalue weighted by atomic mass is 9.75. The van der Waals surface area contributed by atoms with E-state index in [1.54, 1.807) is 0 Å². The summed E-state index contributed by atoms with van der Waals surface area (Å²) in [6, 6.07) is 0.